The molecule has 1 aliphatic heterocycles. The third kappa shape index (κ3) is 4.01. The fraction of sp³-hybridized carbons (Fsp3) is 0.440. The van der Waals surface area contributed by atoms with Crippen LogP contribution in [-0.2, 0) is 6.54 Å². The summed E-state index contributed by atoms with van der Waals surface area (Å²) in [5, 5.41) is 4.26. The first-order valence-corrected chi connectivity index (χ1v) is 12.0. The lowest BCUT2D eigenvalue weighted by atomic mass is 9.78. The first kappa shape index (κ1) is 19.7. The van der Waals surface area contributed by atoms with Crippen molar-refractivity contribution in [1.82, 2.24) is 15.2 Å². The maximum atomic E-state index is 12.6. The number of aromatic nitrogens is 1. The lowest BCUT2D eigenvalue weighted by Crippen LogP contribution is -2.50. The Labute approximate surface area is 182 Å². The molecule has 2 fully saturated rings. The molecule has 5 rings (SSSR count). The largest absolute Gasteiger partial charge is 0.348 e. The van der Waals surface area contributed by atoms with Crippen molar-refractivity contribution in [2.75, 3.05) is 6.54 Å². The van der Waals surface area contributed by atoms with E-state index in [0.29, 0.717) is 18.0 Å². The van der Waals surface area contributed by atoms with Gasteiger partial charge in [0.15, 0.2) is 0 Å². The lowest BCUT2D eigenvalue weighted by Gasteiger charge is -2.47. The summed E-state index contributed by atoms with van der Waals surface area (Å²) in [7, 11) is 0. The fourth-order valence-electron chi connectivity index (χ4n) is 4.86. The van der Waals surface area contributed by atoms with Crippen LogP contribution in [0.3, 0.4) is 0 Å². The van der Waals surface area contributed by atoms with Crippen molar-refractivity contribution in [3.8, 4) is 0 Å². The minimum atomic E-state index is -0.0292. The number of hydrogen-bond acceptors (Lipinski definition) is 4. The van der Waals surface area contributed by atoms with Crippen molar-refractivity contribution in [3.63, 3.8) is 0 Å². The Bertz CT molecular complexity index is 1030. The first-order valence-electron chi connectivity index (χ1n) is 11.2. The van der Waals surface area contributed by atoms with Crippen LogP contribution in [0.4, 0.5) is 0 Å². The van der Waals surface area contributed by atoms with Gasteiger partial charge in [0.05, 0.1) is 15.2 Å². The third-order valence-corrected chi connectivity index (χ3v) is 7.93. The van der Waals surface area contributed by atoms with Crippen LogP contribution in [0.15, 0.2) is 48.5 Å². The number of benzene rings is 2. The Balaban J connectivity index is 1.23. The molecular weight excluding hydrogens is 390 g/mol. The van der Waals surface area contributed by atoms with Crippen LogP contribution in [0.1, 0.15) is 65.9 Å². The maximum Gasteiger partial charge on any atom is 0.251 e. The van der Waals surface area contributed by atoms with Crippen LogP contribution in [0.2, 0.25) is 0 Å². The molecule has 3 aromatic rings. The van der Waals surface area contributed by atoms with Gasteiger partial charge in [-0.25, -0.2) is 4.98 Å². The van der Waals surface area contributed by atoms with E-state index in [1.807, 2.05) is 48.5 Å². The minimum absolute atomic E-state index is 0.0292. The number of fused-ring (bicyclic) bond motifs is 1. The van der Waals surface area contributed by atoms with Crippen molar-refractivity contribution in [1.29, 1.82) is 0 Å². The number of carbonyl (C=O) groups excluding carboxylic acids is 1. The molecule has 30 heavy (non-hydrogen) atoms. The van der Waals surface area contributed by atoms with E-state index in [4.69, 9.17) is 4.98 Å². The zero-order valence-corrected chi connectivity index (χ0v) is 18.3. The lowest BCUT2D eigenvalue weighted by molar-refractivity contribution is 0.0480. The molecule has 2 aliphatic rings. The second kappa shape index (κ2) is 8.48. The summed E-state index contributed by atoms with van der Waals surface area (Å²) in [6.07, 6.45) is 6.54. The van der Waals surface area contributed by atoms with Crippen molar-refractivity contribution in [2.45, 2.75) is 63.6 Å². The average molecular weight is 420 g/mol. The van der Waals surface area contributed by atoms with Gasteiger partial charge in [-0.05, 0) is 62.9 Å². The molecule has 0 bridgehead atoms. The van der Waals surface area contributed by atoms with Crippen LogP contribution in [0.25, 0.3) is 10.2 Å². The van der Waals surface area contributed by atoms with Gasteiger partial charge in [0.25, 0.3) is 5.91 Å². The van der Waals surface area contributed by atoms with Crippen molar-refractivity contribution >= 4 is 27.5 Å². The summed E-state index contributed by atoms with van der Waals surface area (Å²) in [6, 6.07) is 17.4. The summed E-state index contributed by atoms with van der Waals surface area (Å²) in [6.45, 7) is 4.19. The van der Waals surface area contributed by atoms with Gasteiger partial charge >= 0.3 is 0 Å². The Kier molecular flexibility index (Phi) is 5.57. The van der Waals surface area contributed by atoms with E-state index in [2.05, 4.69) is 17.1 Å². The summed E-state index contributed by atoms with van der Waals surface area (Å²) in [5.74, 6) is 0.551. The first-order chi connectivity index (χ1) is 14.7. The highest BCUT2D eigenvalue weighted by molar-refractivity contribution is 7.18. The van der Waals surface area contributed by atoms with Crippen LogP contribution in [-0.4, -0.2) is 34.4 Å². The second-order valence-corrected chi connectivity index (χ2v) is 9.87. The zero-order chi connectivity index (χ0) is 20.5. The molecule has 1 aromatic heterocycles. The van der Waals surface area contributed by atoms with Gasteiger partial charge in [-0.3, -0.25) is 9.69 Å². The van der Waals surface area contributed by atoms with Gasteiger partial charge in [-0.2, -0.15) is 0 Å². The van der Waals surface area contributed by atoms with Gasteiger partial charge in [0.1, 0.15) is 0 Å². The number of nitrogens with one attached hydrogen (secondary N) is 1. The van der Waals surface area contributed by atoms with E-state index in [9.17, 15) is 4.79 Å². The van der Waals surface area contributed by atoms with Gasteiger partial charge in [-0.15, -0.1) is 11.3 Å². The summed E-state index contributed by atoms with van der Waals surface area (Å²) >= 11 is 1.77. The number of likely N-dealkylation sites (tertiary alicyclic amines) is 1. The van der Waals surface area contributed by atoms with Gasteiger partial charge in [0, 0.05) is 30.1 Å². The zero-order valence-electron chi connectivity index (χ0n) is 17.5. The van der Waals surface area contributed by atoms with Gasteiger partial charge < -0.3 is 5.32 Å². The number of nitrogens with zero attached hydrogens (tertiary/aromatic N) is 2. The molecule has 2 heterocycles. The smallest absolute Gasteiger partial charge is 0.251 e. The molecule has 1 amide bonds. The SMILES string of the molecule is C[C@H]1CCCCN1[C@H]1C[C@H](c2nc3ccc(C(=O)NCc4ccccc4)cc3s2)C1. The van der Waals surface area contributed by atoms with Crippen molar-refractivity contribution in [2.24, 2.45) is 0 Å². The monoisotopic (exact) mass is 419 g/mol. The van der Waals surface area contributed by atoms with Gasteiger partial charge in [-0.1, -0.05) is 36.8 Å². The van der Waals surface area contributed by atoms with Crippen LogP contribution >= 0.6 is 11.3 Å². The molecule has 1 saturated carbocycles. The number of carbonyl (C=O) groups is 1. The maximum absolute atomic E-state index is 12.6. The average Bonchev–Trinajstić information content (AvgIpc) is 3.15. The molecule has 0 radical (unpaired) electrons. The number of rotatable bonds is 5. The highest BCUT2D eigenvalue weighted by atomic mass is 32.1. The van der Waals surface area contributed by atoms with E-state index in [0.717, 1.165) is 27.9 Å². The number of piperidine rings is 1. The van der Waals surface area contributed by atoms with Crippen LogP contribution in [0, 0.1) is 0 Å². The van der Waals surface area contributed by atoms with E-state index in [-0.39, 0.29) is 5.91 Å². The summed E-state index contributed by atoms with van der Waals surface area (Å²) < 4.78 is 1.12. The molecule has 2 aromatic carbocycles. The fourth-order valence-corrected chi connectivity index (χ4v) is 5.99. The molecule has 156 valence electrons. The van der Waals surface area contributed by atoms with E-state index >= 15 is 0 Å². The molecular formula is C25H29N3OS. The van der Waals surface area contributed by atoms with Crippen molar-refractivity contribution < 1.29 is 4.79 Å². The molecule has 1 saturated heterocycles. The van der Waals surface area contributed by atoms with Crippen molar-refractivity contribution in [3.05, 3.63) is 64.7 Å². The Morgan fingerprint density at radius 3 is 2.80 bits per heavy atom. The third-order valence-electron chi connectivity index (χ3n) is 6.75. The van der Waals surface area contributed by atoms with E-state index in [1.54, 1.807) is 11.3 Å². The summed E-state index contributed by atoms with van der Waals surface area (Å²) in [5.41, 5.74) is 2.83. The Morgan fingerprint density at radius 2 is 2.00 bits per heavy atom. The topological polar surface area (TPSA) is 45.2 Å². The molecule has 4 nitrogen and oxygen atoms in total. The van der Waals surface area contributed by atoms with Gasteiger partial charge in [0.2, 0.25) is 0 Å². The highest BCUT2D eigenvalue weighted by Gasteiger charge is 2.38. The number of amides is 1. The predicted octanol–water partition coefficient (Wildman–Crippen LogP) is 5.35. The molecule has 0 unspecified atom stereocenters. The number of hydrogen-bond donors (Lipinski definition) is 1. The molecule has 1 aliphatic carbocycles. The quantitative estimate of drug-likeness (QED) is 0.607. The predicted molar refractivity (Wildman–Crippen MR) is 123 cm³/mol. The van der Waals surface area contributed by atoms with E-state index < -0.39 is 0 Å². The number of thiazole rings is 1. The molecule has 5 heteroatoms. The highest BCUT2D eigenvalue weighted by Crippen LogP contribution is 2.44. The summed E-state index contributed by atoms with van der Waals surface area (Å²) in [4.78, 5) is 20.2. The Hall–Kier alpha value is -2.24. The van der Waals surface area contributed by atoms with E-state index in [1.165, 1.54) is 43.7 Å². The normalized spacial score (nSPS) is 24.5. The molecule has 1 atom stereocenters. The second-order valence-electron chi connectivity index (χ2n) is 8.81. The Morgan fingerprint density at radius 1 is 1.17 bits per heavy atom. The minimum Gasteiger partial charge on any atom is -0.348 e. The molecule has 1 N–H and O–H groups in total. The van der Waals surface area contributed by atoms with Crippen LogP contribution in [0.5, 0.6) is 0 Å². The molecule has 0 spiro atoms. The van der Waals surface area contributed by atoms with Crippen LogP contribution < -0.4 is 5.32 Å². The standard InChI is InChI=1S/C25H29N3OS/c1-17-7-5-6-12-28(17)21-13-20(14-21)25-27-22-11-10-19(15-23(22)30-25)24(29)26-16-18-8-3-2-4-9-18/h2-4,8-11,15,17,20-21H,5-7,12-14,16H2,1H3,(H,26,29)/t17-,20-,21-/m0/s1.